The molecule has 0 radical (unpaired) electrons. The molecule has 0 N–H and O–H groups in total. The number of hydrogen-bond donors (Lipinski definition) is 0. The quantitative estimate of drug-likeness (QED) is 0.436. The van der Waals surface area contributed by atoms with Gasteiger partial charge in [-0.25, -0.2) is 4.79 Å². The van der Waals surface area contributed by atoms with Crippen LogP contribution in [0.1, 0.15) is 41.3 Å². The highest BCUT2D eigenvalue weighted by Gasteiger charge is 2.32. The van der Waals surface area contributed by atoms with E-state index in [4.69, 9.17) is 4.42 Å². The molecule has 4 aromatic rings. The summed E-state index contributed by atoms with van der Waals surface area (Å²) >= 11 is 0. The Labute approximate surface area is 181 Å². The van der Waals surface area contributed by atoms with Gasteiger partial charge in [0.15, 0.2) is 5.65 Å². The van der Waals surface area contributed by atoms with Crippen LogP contribution in [0.3, 0.4) is 0 Å². The van der Waals surface area contributed by atoms with Gasteiger partial charge in [-0.15, -0.1) is 10.2 Å². The highest BCUT2D eigenvalue weighted by Crippen LogP contribution is 2.32. The Hall–Kier alpha value is -3.20. The molecule has 0 spiro atoms. The first-order valence-corrected chi connectivity index (χ1v) is 10.5. The average molecular weight is 442 g/mol. The molecule has 1 saturated heterocycles. The van der Waals surface area contributed by atoms with E-state index in [1.165, 1.54) is 16.5 Å². The summed E-state index contributed by atoms with van der Waals surface area (Å²) in [6, 6.07) is 9.66. The van der Waals surface area contributed by atoms with Gasteiger partial charge < -0.3 is 4.42 Å². The van der Waals surface area contributed by atoms with Crippen molar-refractivity contribution in [3.8, 4) is 0 Å². The van der Waals surface area contributed by atoms with Crippen LogP contribution in [-0.2, 0) is 12.7 Å². The van der Waals surface area contributed by atoms with Crippen molar-refractivity contribution >= 4 is 16.6 Å². The largest absolute Gasteiger partial charge is 0.423 e. The van der Waals surface area contributed by atoms with E-state index in [2.05, 4.69) is 15.1 Å². The Bertz CT molecular complexity index is 1360. The Morgan fingerprint density at radius 2 is 2.00 bits per heavy atom. The molecule has 0 aliphatic carbocycles. The van der Waals surface area contributed by atoms with Gasteiger partial charge in [0.25, 0.3) is 0 Å². The third kappa shape index (κ3) is 3.88. The maximum atomic E-state index is 13.2. The van der Waals surface area contributed by atoms with Crippen molar-refractivity contribution in [2.24, 2.45) is 0 Å². The van der Waals surface area contributed by atoms with Gasteiger partial charge in [-0.3, -0.25) is 9.30 Å². The predicted octanol–water partition coefficient (Wildman–Crippen LogP) is 4.54. The third-order valence-electron chi connectivity index (χ3n) is 6.01. The molecule has 0 amide bonds. The topological polar surface area (TPSA) is 63.6 Å². The van der Waals surface area contributed by atoms with E-state index < -0.39 is 17.4 Å². The zero-order valence-electron chi connectivity index (χ0n) is 17.4. The van der Waals surface area contributed by atoms with Gasteiger partial charge in [0.2, 0.25) is 0 Å². The second-order valence-corrected chi connectivity index (χ2v) is 8.37. The number of benzene rings is 1. The lowest BCUT2D eigenvalue weighted by Gasteiger charge is -2.32. The van der Waals surface area contributed by atoms with E-state index in [1.54, 1.807) is 0 Å². The van der Waals surface area contributed by atoms with Gasteiger partial charge in [0, 0.05) is 36.7 Å². The molecular formula is C23H21F3N4O2. The highest BCUT2D eigenvalue weighted by molar-refractivity contribution is 5.80. The Morgan fingerprint density at radius 1 is 1.16 bits per heavy atom. The number of rotatable bonds is 3. The van der Waals surface area contributed by atoms with E-state index in [9.17, 15) is 18.0 Å². The molecule has 1 aromatic carbocycles. The molecule has 1 aliphatic heterocycles. The lowest BCUT2D eigenvalue weighted by Crippen LogP contribution is -2.34. The fraction of sp³-hybridized carbons (Fsp3) is 0.348. The first kappa shape index (κ1) is 20.7. The lowest BCUT2D eigenvalue weighted by atomic mass is 9.96. The molecule has 1 fully saturated rings. The first-order valence-electron chi connectivity index (χ1n) is 10.5. The molecule has 166 valence electrons. The van der Waals surface area contributed by atoms with Crippen LogP contribution in [0.4, 0.5) is 13.2 Å². The second kappa shape index (κ2) is 7.74. The number of aryl methyl sites for hydroxylation is 1. The monoisotopic (exact) mass is 442 g/mol. The zero-order valence-corrected chi connectivity index (χ0v) is 17.4. The molecular weight excluding hydrogens is 421 g/mol. The minimum atomic E-state index is -4.43. The summed E-state index contributed by atoms with van der Waals surface area (Å²) in [5, 5.41) is 9.16. The Morgan fingerprint density at radius 3 is 2.81 bits per heavy atom. The number of nitrogens with zero attached hydrogens (tertiary/aromatic N) is 4. The number of pyridine rings is 1. The smallest absolute Gasteiger partial charge is 0.417 e. The number of alkyl halides is 3. The van der Waals surface area contributed by atoms with E-state index in [1.807, 2.05) is 25.1 Å². The van der Waals surface area contributed by atoms with Crippen LogP contribution in [0.25, 0.3) is 16.6 Å². The molecule has 1 aliphatic rings. The number of aromatic nitrogens is 3. The lowest BCUT2D eigenvalue weighted by molar-refractivity contribution is -0.137. The molecule has 3 aromatic heterocycles. The van der Waals surface area contributed by atoms with E-state index in [0.717, 1.165) is 48.2 Å². The maximum Gasteiger partial charge on any atom is 0.417 e. The summed E-state index contributed by atoms with van der Waals surface area (Å²) in [4.78, 5) is 14.3. The zero-order chi connectivity index (χ0) is 22.5. The van der Waals surface area contributed by atoms with E-state index in [-0.39, 0.29) is 5.92 Å². The van der Waals surface area contributed by atoms with Crippen LogP contribution < -0.4 is 5.63 Å². The molecule has 1 unspecified atom stereocenters. The van der Waals surface area contributed by atoms with Crippen molar-refractivity contribution in [2.75, 3.05) is 13.1 Å². The predicted molar refractivity (Wildman–Crippen MR) is 112 cm³/mol. The average Bonchev–Trinajstić information content (AvgIpc) is 3.16. The fourth-order valence-corrected chi connectivity index (χ4v) is 4.47. The van der Waals surface area contributed by atoms with Gasteiger partial charge in [-0.2, -0.15) is 13.2 Å². The van der Waals surface area contributed by atoms with E-state index in [0.29, 0.717) is 30.1 Å². The van der Waals surface area contributed by atoms with Crippen molar-refractivity contribution in [3.63, 3.8) is 0 Å². The van der Waals surface area contributed by atoms with Crippen LogP contribution in [0.2, 0.25) is 0 Å². The summed E-state index contributed by atoms with van der Waals surface area (Å²) in [5.74, 6) is 0.472. The van der Waals surface area contributed by atoms with Gasteiger partial charge in [-0.1, -0.05) is 12.1 Å². The summed E-state index contributed by atoms with van der Waals surface area (Å²) in [5.41, 5.74) is 1.72. The molecule has 32 heavy (non-hydrogen) atoms. The normalized spacial score (nSPS) is 17.9. The molecule has 5 rings (SSSR count). The Balaban J connectivity index is 1.44. The Kier molecular flexibility index (Phi) is 5.00. The van der Waals surface area contributed by atoms with Crippen LogP contribution in [-0.4, -0.2) is 32.6 Å². The number of likely N-dealkylation sites (tertiary alicyclic amines) is 1. The minimum absolute atomic E-state index is 0.0594. The number of fused-ring (bicyclic) bond motifs is 2. The van der Waals surface area contributed by atoms with Gasteiger partial charge >= 0.3 is 11.8 Å². The molecule has 1 atom stereocenters. The van der Waals surface area contributed by atoms with Crippen LogP contribution in [0.5, 0.6) is 0 Å². The van der Waals surface area contributed by atoms with E-state index >= 15 is 0 Å². The summed E-state index contributed by atoms with van der Waals surface area (Å²) in [6.07, 6.45) is -1.68. The molecule has 6 nitrogen and oxygen atoms in total. The maximum absolute atomic E-state index is 13.2. The molecule has 4 heterocycles. The number of piperidine rings is 1. The minimum Gasteiger partial charge on any atom is -0.423 e. The summed E-state index contributed by atoms with van der Waals surface area (Å²) in [6.45, 7) is 3.93. The number of hydrogen-bond acceptors (Lipinski definition) is 5. The summed E-state index contributed by atoms with van der Waals surface area (Å²) < 4.78 is 46.4. The van der Waals surface area contributed by atoms with Crippen LogP contribution in [0, 0.1) is 6.92 Å². The highest BCUT2D eigenvalue weighted by atomic mass is 19.4. The van der Waals surface area contributed by atoms with Gasteiger partial charge in [0.1, 0.15) is 11.4 Å². The summed E-state index contributed by atoms with van der Waals surface area (Å²) in [7, 11) is 0. The van der Waals surface area contributed by atoms with Gasteiger partial charge in [-0.05, 0) is 55.6 Å². The molecule has 0 bridgehead atoms. The molecule has 0 saturated carbocycles. The first-order chi connectivity index (χ1) is 15.3. The standard InChI is InChI=1S/C23H21F3N4O2/c1-14-4-6-18-16(10-21(31)32-19(18)9-14)12-29-8-2-3-15(11-29)22-28-27-20-7-5-17(13-30(20)22)23(24,25)26/h4-7,9-10,13,15H,2-3,8,11-12H2,1H3. The molecule has 9 heteroatoms. The van der Waals surface area contributed by atoms with Crippen LogP contribution >= 0.6 is 0 Å². The van der Waals surface area contributed by atoms with Crippen molar-refractivity contribution in [1.82, 2.24) is 19.5 Å². The number of halogens is 3. The fourth-order valence-electron chi connectivity index (χ4n) is 4.47. The van der Waals surface area contributed by atoms with Crippen molar-refractivity contribution in [1.29, 1.82) is 0 Å². The van der Waals surface area contributed by atoms with Crippen molar-refractivity contribution in [2.45, 2.75) is 38.4 Å². The van der Waals surface area contributed by atoms with Crippen molar-refractivity contribution in [3.05, 3.63) is 75.5 Å². The third-order valence-corrected chi connectivity index (χ3v) is 6.01. The van der Waals surface area contributed by atoms with Crippen LogP contribution in [0.15, 0.2) is 51.8 Å². The second-order valence-electron chi connectivity index (χ2n) is 8.37. The SMILES string of the molecule is Cc1ccc2c(CN3CCCC(c4nnc5ccc(C(F)(F)F)cn45)C3)cc(=O)oc2c1. The van der Waals surface area contributed by atoms with Crippen molar-refractivity contribution < 1.29 is 17.6 Å². The van der Waals surface area contributed by atoms with Gasteiger partial charge in [0.05, 0.1) is 5.56 Å².